The Kier molecular flexibility index (Phi) is 5.30. The molecule has 0 atom stereocenters. The first-order chi connectivity index (χ1) is 12.9. The molecule has 0 aliphatic carbocycles. The molecule has 27 heavy (non-hydrogen) atoms. The number of ether oxygens (including phenoxy) is 2. The molecule has 0 spiro atoms. The summed E-state index contributed by atoms with van der Waals surface area (Å²) in [6.45, 7) is 2.71. The molecule has 0 aliphatic heterocycles. The van der Waals surface area contributed by atoms with Gasteiger partial charge >= 0.3 is 6.18 Å². The van der Waals surface area contributed by atoms with Crippen LogP contribution < -0.4 is 9.47 Å². The van der Waals surface area contributed by atoms with Crippen LogP contribution in [0.25, 0.3) is 11.0 Å². The van der Waals surface area contributed by atoms with Crippen LogP contribution in [0.1, 0.15) is 30.3 Å². The Labute approximate surface area is 155 Å². The number of alkyl halides is 3. The van der Waals surface area contributed by atoms with Crippen molar-refractivity contribution in [3.8, 4) is 11.5 Å². The Bertz CT molecular complexity index is 948. The van der Waals surface area contributed by atoms with E-state index in [2.05, 4.69) is 4.98 Å². The monoisotopic (exact) mass is 378 g/mol. The van der Waals surface area contributed by atoms with E-state index in [0.717, 1.165) is 29.9 Å². The van der Waals surface area contributed by atoms with Crippen LogP contribution >= 0.6 is 0 Å². The number of nitrogens with zero attached hydrogens (tertiary/aromatic N) is 2. The fraction of sp³-hybridized carbons (Fsp3) is 0.350. The van der Waals surface area contributed by atoms with Gasteiger partial charge in [0.1, 0.15) is 5.82 Å². The summed E-state index contributed by atoms with van der Waals surface area (Å²) in [4.78, 5) is 4.49. The number of hydrogen-bond donors (Lipinski definition) is 0. The van der Waals surface area contributed by atoms with Gasteiger partial charge in [0.15, 0.2) is 11.5 Å². The zero-order chi connectivity index (χ0) is 19.6. The first-order valence-corrected chi connectivity index (χ1v) is 8.64. The van der Waals surface area contributed by atoms with Crippen molar-refractivity contribution in [2.75, 3.05) is 14.2 Å². The van der Waals surface area contributed by atoms with E-state index >= 15 is 0 Å². The van der Waals surface area contributed by atoms with E-state index in [1.165, 1.54) is 6.07 Å². The Morgan fingerprint density at radius 3 is 2.37 bits per heavy atom. The Balaban J connectivity index is 2.03. The first-order valence-electron chi connectivity index (χ1n) is 8.64. The molecular formula is C20H21F3N2O2. The average molecular weight is 378 g/mol. The van der Waals surface area contributed by atoms with Crippen LogP contribution in [0.3, 0.4) is 0 Å². The van der Waals surface area contributed by atoms with Crippen molar-refractivity contribution in [3.63, 3.8) is 0 Å². The predicted molar refractivity (Wildman–Crippen MR) is 97.4 cm³/mol. The van der Waals surface area contributed by atoms with E-state index in [0.29, 0.717) is 35.5 Å². The standard InChI is InChI=1S/C20H21F3N2O2/c1-4-9-25-16-7-6-14(20(21,22)23)12-15(16)24-19(25)11-13-5-8-17(26-2)18(10-13)27-3/h5-8,10,12H,4,9,11H2,1-3H3. The van der Waals surface area contributed by atoms with E-state index in [9.17, 15) is 13.2 Å². The van der Waals surface area contributed by atoms with E-state index < -0.39 is 11.7 Å². The second-order valence-corrected chi connectivity index (χ2v) is 6.25. The van der Waals surface area contributed by atoms with Gasteiger partial charge in [-0.25, -0.2) is 4.98 Å². The highest BCUT2D eigenvalue weighted by Crippen LogP contribution is 2.32. The summed E-state index contributed by atoms with van der Waals surface area (Å²) in [5.74, 6) is 1.95. The van der Waals surface area contributed by atoms with Crippen molar-refractivity contribution in [2.24, 2.45) is 0 Å². The van der Waals surface area contributed by atoms with Crippen molar-refractivity contribution in [3.05, 3.63) is 53.3 Å². The molecule has 1 aromatic heterocycles. The number of rotatable bonds is 6. The lowest BCUT2D eigenvalue weighted by Crippen LogP contribution is -2.05. The molecule has 2 aromatic carbocycles. The summed E-state index contributed by atoms with van der Waals surface area (Å²) >= 11 is 0. The molecule has 0 radical (unpaired) electrons. The van der Waals surface area contributed by atoms with E-state index in [4.69, 9.17) is 9.47 Å². The molecular weight excluding hydrogens is 357 g/mol. The minimum atomic E-state index is -4.38. The molecule has 0 unspecified atom stereocenters. The molecule has 0 amide bonds. The van der Waals surface area contributed by atoms with Gasteiger partial charge in [0.05, 0.1) is 30.8 Å². The lowest BCUT2D eigenvalue weighted by Gasteiger charge is -2.11. The highest BCUT2D eigenvalue weighted by molar-refractivity contribution is 5.77. The summed E-state index contributed by atoms with van der Waals surface area (Å²) in [7, 11) is 3.13. The molecule has 4 nitrogen and oxygen atoms in total. The van der Waals surface area contributed by atoms with Gasteiger partial charge in [0, 0.05) is 13.0 Å². The molecule has 0 N–H and O–H groups in total. The van der Waals surface area contributed by atoms with Crippen LogP contribution in [0.15, 0.2) is 36.4 Å². The van der Waals surface area contributed by atoms with Gasteiger partial charge in [-0.15, -0.1) is 0 Å². The molecule has 1 heterocycles. The predicted octanol–water partition coefficient (Wildman–Crippen LogP) is 5.07. The van der Waals surface area contributed by atoms with Gasteiger partial charge in [-0.05, 0) is 42.3 Å². The summed E-state index contributed by atoms with van der Waals surface area (Å²) < 4.78 is 51.6. The first kappa shape index (κ1) is 19.1. The van der Waals surface area contributed by atoms with Crippen LogP contribution in [-0.4, -0.2) is 23.8 Å². The normalized spacial score (nSPS) is 11.8. The highest BCUT2D eigenvalue weighted by Gasteiger charge is 2.31. The average Bonchev–Trinajstić information content (AvgIpc) is 2.97. The SMILES string of the molecule is CCCn1c(Cc2ccc(OC)c(OC)c2)nc2cc(C(F)(F)F)ccc21. The van der Waals surface area contributed by atoms with E-state index in [-0.39, 0.29) is 0 Å². The Morgan fingerprint density at radius 1 is 1.00 bits per heavy atom. The molecule has 3 aromatic rings. The number of aryl methyl sites for hydroxylation is 1. The van der Waals surface area contributed by atoms with Crippen molar-refractivity contribution < 1.29 is 22.6 Å². The molecule has 0 aliphatic rings. The zero-order valence-electron chi connectivity index (χ0n) is 15.4. The largest absolute Gasteiger partial charge is 0.493 e. The fourth-order valence-electron chi connectivity index (χ4n) is 3.14. The van der Waals surface area contributed by atoms with Crippen LogP contribution in [0.4, 0.5) is 13.2 Å². The van der Waals surface area contributed by atoms with Crippen molar-refractivity contribution in [1.82, 2.24) is 9.55 Å². The number of benzene rings is 2. The molecule has 0 bridgehead atoms. The molecule has 3 rings (SSSR count). The van der Waals surface area contributed by atoms with E-state index in [1.807, 2.05) is 29.7 Å². The van der Waals surface area contributed by atoms with Crippen molar-refractivity contribution in [1.29, 1.82) is 0 Å². The molecule has 0 fully saturated rings. The minimum Gasteiger partial charge on any atom is -0.493 e. The van der Waals surface area contributed by atoms with E-state index in [1.54, 1.807) is 14.2 Å². The molecule has 0 saturated heterocycles. The second kappa shape index (κ2) is 7.50. The van der Waals surface area contributed by atoms with Gasteiger partial charge in [-0.3, -0.25) is 0 Å². The number of aromatic nitrogens is 2. The third kappa shape index (κ3) is 3.86. The Morgan fingerprint density at radius 2 is 1.74 bits per heavy atom. The highest BCUT2D eigenvalue weighted by atomic mass is 19.4. The van der Waals surface area contributed by atoms with Gasteiger partial charge in [-0.2, -0.15) is 13.2 Å². The third-order valence-electron chi connectivity index (χ3n) is 4.41. The second-order valence-electron chi connectivity index (χ2n) is 6.25. The summed E-state index contributed by atoms with van der Waals surface area (Å²) in [6, 6.07) is 9.28. The number of imidazole rings is 1. The van der Waals surface area contributed by atoms with Crippen LogP contribution in [0.2, 0.25) is 0 Å². The van der Waals surface area contributed by atoms with Crippen molar-refractivity contribution >= 4 is 11.0 Å². The maximum atomic E-state index is 13.0. The Hall–Kier alpha value is -2.70. The van der Waals surface area contributed by atoms with Gasteiger partial charge in [0.2, 0.25) is 0 Å². The quantitative estimate of drug-likeness (QED) is 0.601. The lowest BCUT2D eigenvalue weighted by atomic mass is 10.1. The number of methoxy groups -OCH3 is 2. The maximum absolute atomic E-state index is 13.0. The molecule has 0 saturated carbocycles. The van der Waals surface area contributed by atoms with Gasteiger partial charge < -0.3 is 14.0 Å². The minimum absolute atomic E-state index is 0.355. The fourth-order valence-corrected chi connectivity index (χ4v) is 3.14. The number of halogens is 3. The van der Waals surface area contributed by atoms with Gasteiger partial charge in [-0.1, -0.05) is 13.0 Å². The van der Waals surface area contributed by atoms with Gasteiger partial charge in [0.25, 0.3) is 0 Å². The summed E-state index contributed by atoms with van der Waals surface area (Å²) in [5.41, 5.74) is 1.32. The third-order valence-corrected chi connectivity index (χ3v) is 4.41. The number of fused-ring (bicyclic) bond motifs is 1. The topological polar surface area (TPSA) is 36.3 Å². The van der Waals surface area contributed by atoms with Crippen molar-refractivity contribution in [2.45, 2.75) is 32.5 Å². The summed E-state index contributed by atoms with van der Waals surface area (Å²) in [5, 5.41) is 0. The molecule has 7 heteroatoms. The van der Waals surface area contributed by atoms with Crippen LogP contribution in [-0.2, 0) is 19.1 Å². The lowest BCUT2D eigenvalue weighted by molar-refractivity contribution is -0.137. The summed E-state index contributed by atoms with van der Waals surface area (Å²) in [6.07, 6.45) is -3.05. The van der Waals surface area contributed by atoms with Crippen LogP contribution in [0.5, 0.6) is 11.5 Å². The van der Waals surface area contributed by atoms with Crippen LogP contribution in [0, 0.1) is 0 Å². The zero-order valence-corrected chi connectivity index (χ0v) is 15.4. The molecule has 144 valence electrons. The smallest absolute Gasteiger partial charge is 0.416 e. The number of hydrogen-bond acceptors (Lipinski definition) is 3. The maximum Gasteiger partial charge on any atom is 0.416 e.